The Morgan fingerprint density at radius 1 is 1.10 bits per heavy atom. The third-order valence-corrected chi connectivity index (χ3v) is 11.3. The van der Waals surface area contributed by atoms with E-state index in [-0.39, 0.29) is 11.7 Å². The van der Waals surface area contributed by atoms with Crippen molar-refractivity contribution in [3.8, 4) is 0 Å². The van der Waals surface area contributed by atoms with Crippen molar-refractivity contribution in [2.24, 2.45) is 35.0 Å². The van der Waals surface area contributed by atoms with Crippen molar-refractivity contribution in [2.45, 2.75) is 115 Å². The van der Waals surface area contributed by atoms with Crippen LogP contribution < -0.4 is 5.32 Å². The summed E-state index contributed by atoms with van der Waals surface area (Å²) < 4.78 is 6.95. The van der Waals surface area contributed by atoms with Crippen LogP contribution in [0.2, 0.25) is 0 Å². The molecule has 3 saturated carbocycles. The third kappa shape index (κ3) is 2.80. The average molecular weight is 414 g/mol. The molecule has 10 atom stereocenters. The molecule has 1 spiro atoms. The molecule has 0 radical (unpaired) electrons. The van der Waals surface area contributed by atoms with Crippen LogP contribution in [-0.2, 0) is 4.74 Å². The molecule has 168 valence electrons. The van der Waals surface area contributed by atoms with Gasteiger partial charge in [-0.1, -0.05) is 25.0 Å². The number of nitrogens with one attached hydrogen (secondary N) is 1. The van der Waals surface area contributed by atoms with E-state index in [4.69, 9.17) is 4.74 Å². The van der Waals surface area contributed by atoms with Crippen LogP contribution >= 0.6 is 0 Å². The van der Waals surface area contributed by atoms with Gasteiger partial charge in [0, 0.05) is 12.0 Å². The fraction of sp³-hybridized carbons (Fsp3) is 0.926. The summed E-state index contributed by atoms with van der Waals surface area (Å²) in [4.78, 5) is 0. The minimum Gasteiger partial charge on any atom is -0.393 e. The highest BCUT2D eigenvalue weighted by molar-refractivity contribution is 5.29. The predicted molar refractivity (Wildman–Crippen MR) is 120 cm³/mol. The highest BCUT2D eigenvalue weighted by Crippen LogP contribution is 2.65. The van der Waals surface area contributed by atoms with E-state index in [0.29, 0.717) is 23.5 Å². The largest absolute Gasteiger partial charge is 0.393 e. The summed E-state index contributed by atoms with van der Waals surface area (Å²) in [6, 6.07) is 0.574. The van der Waals surface area contributed by atoms with Crippen molar-refractivity contribution in [3.63, 3.8) is 0 Å². The summed E-state index contributed by atoms with van der Waals surface area (Å²) >= 11 is 0. The molecule has 0 aromatic carbocycles. The Morgan fingerprint density at radius 2 is 1.97 bits per heavy atom. The zero-order valence-electron chi connectivity index (χ0n) is 19.5. The van der Waals surface area contributed by atoms with Crippen LogP contribution in [0.25, 0.3) is 0 Å². The number of piperidine rings is 1. The van der Waals surface area contributed by atoms with Gasteiger partial charge in [0.25, 0.3) is 0 Å². The minimum atomic E-state index is -0.0366. The van der Waals surface area contributed by atoms with Gasteiger partial charge in [0.05, 0.1) is 17.8 Å². The number of aliphatic hydroxyl groups excluding tert-OH is 1. The molecule has 2 N–H and O–H groups in total. The molecule has 6 rings (SSSR count). The van der Waals surface area contributed by atoms with Crippen molar-refractivity contribution in [1.82, 2.24) is 5.32 Å². The van der Waals surface area contributed by atoms with Gasteiger partial charge in [0.1, 0.15) is 0 Å². The highest BCUT2D eigenvalue weighted by atomic mass is 16.5. The van der Waals surface area contributed by atoms with Gasteiger partial charge in [-0.3, -0.25) is 0 Å². The van der Waals surface area contributed by atoms with E-state index in [1.807, 2.05) is 5.57 Å². The molecule has 3 heteroatoms. The van der Waals surface area contributed by atoms with Crippen LogP contribution in [0.5, 0.6) is 0 Å². The lowest BCUT2D eigenvalue weighted by Crippen LogP contribution is -2.47. The normalized spacial score (nSPS) is 55.6. The Kier molecular flexibility index (Phi) is 4.76. The van der Waals surface area contributed by atoms with Gasteiger partial charge in [-0.25, -0.2) is 0 Å². The van der Waals surface area contributed by atoms with Gasteiger partial charge in [-0.15, -0.1) is 0 Å². The maximum atomic E-state index is 10.3. The molecule has 10 unspecified atom stereocenters. The first-order chi connectivity index (χ1) is 14.4. The zero-order chi connectivity index (χ0) is 20.7. The first-order valence-electron chi connectivity index (χ1n) is 13.2. The van der Waals surface area contributed by atoms with E-state index in [2.05, 4.69) is 26.1 Å². The first-order valence-corrected chi connectivity index (χ1v) is 13.2. The number of rotatable bonds is 0. The van der Waals surface area contributed by atoms with E-state index in [1.54, 1.807) is 5.57 Å². The number of fused-ring (bicyclic) bond motifs is 6. The Hall–Kier alpha value is -0.380. The van der Waals surface area contributed by atoms with Gasteiger partial charge in [-0.05, 0) is 113 Å². The number of hydrogen-bond acceptors (Lipinski definition) is 3. The second-order valence-electron chi connectivity index (χ2n) is 12.4. The lowest BCUT2D eigenvalue weighted by molar-refractivity contribution is -0.0775. The van der Waals surface area contributed by atoms with Gasteiger partial charge in [-0.2, -0.15) is 0 Å². The molecule has 30 heavy (non-hydrogen) atoms. The Bertz CT molecular complexity index is 732. The van der Waals surface area contributed by atoms with Crippen LogP contribution in [0.4, 0.5) is 0 Å². The van der Waals surface area contributed by atoms with E-state index in [1.165, 1.54) is 64.3 Å². The Morgan fingerprint density at radius 3 is 2.80 bits per heavy atom. The molecule has 2 saturated heterocycles. The number of allylic oxidation sites excluding steroid dienone is 1. The lowest BCUT2D eigenvalue weighted by atomic mass is 9.52. The second kappa shape index (κ2) is 7.06. The summed E-state index contributed by atoms with van der Waals surface area (Å²) in [5.74, 6) is 3.94. The summed E-state index contributed by atoms with van der Waals surface area (Å²) in [5.41, 5.74) is 4.08. The molecule has 6 aliphatic rings. The maximum absolute atomic E-state index is 10.3. The number of ether oxygens (including phenoxy) is 1. The van der Waals surface area contributed by atoms with Crippen LogP contribution in [0.15, 0.2) is 11.1 Å². The van der Waals surface area contributed by atoms with Crippen LogP contribution in [0.1, 0.15) is 91.4 Å². The van der Waals surface area contributed by atoms with Crippen LogP contribution in [-0.4, -0.2) is 35.5 Å². The predicted octanol–water partition coefficient (Wildman–Crippen LogP) is 5.23. The average Bonchev–Trinajstić information content (AvgIpc) is 3.19. The molecule has 3 nitrogen and oxygen atoms in total. The van der Waals surface area contributed by atoms with Crippen molar-refractivity contribution in [2.75, 3.05) is 6.54 Å². The maximum Gasteiger partial charge on any atom is 0.0765 e. The quantitative estimate of drug-likeness (QED) is 0.535. The molecule has 0 amide bonds. The van der Waals surface area contributed by atoms with E-state index >= 15 is 0 Å². The molecular formula is C27H43NO2. The fourth-order valence-corrected chi connectivity index (χ4v) is 9.60. The first kappa shape index (κ1) is 20.2. The molecule has 0 bridgehead atoms. The van der Waals surface area contributed by atoms with E-state index < -0.39 is 0 Å². The summed E-state index contributed by atoms with van der Waals surface area (Å²) in [6.07, 6.45) is 14.1. The molecular weight excluding hydrogens is 370 g/mol. The van der Waals surface area contributed by atoms with Gasteiger partial charge >= 0.3 is 0 Å². The van der Waals surface area contributed by atoms with Gasteiger partial charge in [0.15, 0.2) is 0 Å². The molecule has 2 aliphatic heterocycles. The van der Waals surface area contributed by atoms with Crippen molar-refractivity contribution >= 4 is 0 Å². The highest BCUT2D eigenvalue weighted by Gasteiger charge is 2.59. The lowest BCUT2D eigenvalue weighted by Gasteiger charge is -2.53. The second-order valence-corrected chi connectivity index (χ2v) is 12.4. The monoisotopic (exact) mass is 413 g/mol. The molecule has 4 aliphatic carbocycles. The molecule has 0 aromatic heterocycles. The molecule has 0 aromatic rings. The van der Waals surface area contributed by atoms with Gasteiger partial charge in [0.2, 0.25) is 0 Å². The van der Waals surface area contributed by atoms with Crippen molar-refractivity contribution in [1.29, 1.82) is 0 Å². The van der Waals surface area contributed by atoms with Crippen molar-refractivity contribution in [3.05, 3.63) is 11.1 Å². The third-order valence-electron chi connectivity index (χ3n) is 11.3. The zero-order valence-corrected chi connectivity index (χ0v) is 19.5. The SMILES string of the molecule is CC1=C2CC3C(CCC4CC(O)CCC43C)C2CCC2(C1)OC1CCCNC1C2C. The van der Waals surface area contributed by atoms with E-state index in [9.17, 15) is 5.11 Å². The Balaban J connectivity index is 1.28. The fourth-order valence-electron chi connectivity index (χ4n) is 9.60. The van der Waals surface area contributed by atoms with Gasteiger partial charge < -0.3 is 15.2 Å². The summed E-state index contributed by atoms with van der Waals surface area (Å²) in [5, 5.41) is 14.1. The Labute approximate surface area is 183 Å². The minimum absolute atomic E-state index is 0.0366. The molecule has 2 heterocycles. The topological polar surface area (TPSA) is 41.5 Å². The smallest absolute Gasteiger partial charge is 0.0765 e. The molecule has 5 fully saturated rings. The van der Waals surface area contributed by atoms with Crippen LogP contribution in [0.3, 0.4) is 0 Å². The number of hydrogen-bond donors (Lipinski definition) is 2. The van der Waals surface area contributed by atoms with Crippen LogP contribution in [0, 0.1) is 35.0 Å². The standard InChI is InChI=1S/C27H43NO2/c1-16-15-27(17(2)25-24(30-27)5-4-12-28-25)11-9-20-21-7-6-18-13-19(29)8-10-26(18,3)23(21)14-22(16)20/h17-21,23-25,28-29H,4-15H2,1-3H3. The van der Waals surface area contributed by atoms with E-state index in [0.717, 1.165) is 36.5 Å². The summed E-state index contributed by atoms with van der Waals surface area (Å²) in [7, 11) is 0. The van der Waals surface area contributed by atoms with Crippen molar-refractivity contribution < 1.29 is 9.84 Å². The number of aliphatic hydroxyl groups is 1. The summed E-state index contributed by atoms with van der Waals surface area (Å²) in [6.45, 7) is 8.71.